The fraction of sp³-hybridized carbons (Fsp3) is 0.259. The average molecular weight is 489 g/mol. The van der Waals surface area contributed by atoms with Crippen LogP contribution < -0.4 is 5.32 Å². The molecular formula is C27H21F2N3O4. The van der Waals surface area contributed by atoms with Crippen molar-refractivity contribution in [1.29, 1.82) is 0 Å². The molecule has 3 aliphatic rings. The predicted octanol–water partition coefficient (Wildman–Crippen LogP) is 4.78. The molecule has 0 bridgehead atoms. The highest BCUT2D eigenvalue weighted by Crippen LogP contribution is 2.61. The van der Waals surface area contributed by atoms with Gasteiger partial charge in [-0.1, -0.05) is 12.1 Å². The third-order valence-corrected chi connectivity index (χ3v) is 7.86. The van der Waals surface area contributed by atoms with Gasteiger partial charge in [-0.3, -0.25) is 24.6 Å². The van der Waals surface area contributed by atoms with Crippen LogP contribution in [-0.2, 0) is 10.3 Å². The molecule has 3 unspecified atom stereocenters. The number of nitro groups is 1. The minimum atomic E-state index is -1.46. The molecule has 36 heavy (non-hydrogen) atoms. The van der Waals surface area contributed by atoms with Crippen LogP contribution in [0.4, 0.5) is 20.2 Å². The molecule has 0 aromatic heterocycles. The molecule has 4 atom stereocenters. The lowest BCUT2D eigenvalue weighted by Crippen LogP contribution is -2.52. The van der Waals surface area contributed by atoms with Gasteiger partial charge in [-0.05, 0) is 67.4 Å². The molecule has 9 heteroatoms. The number of carbonyl (C=O) groups excluding carboxylic acids is 2. The van der Waals surface area contributed by atoms with Crippen LogP contribution in [0.15, 0.2) is 66.7 Å². The monoisotopic (exact) mass is 489 g/mol. The Balaban J connectivity index is 1.59. The second kappa shape index (κ2) is 8.03. The molecule has 3 aromatic rings. The van der Waals surface area contributed by atoms with E-state index in [0.717, 1.165) is 6.42 Å². The van der Waals surface area contributed by atoms with Crippen molar-refractivity contribution in [3.63, 3.8) is 0 Å². The number of anilines is 1. The van der Waals surface area contributed by atoms with E-state index in [0.29, 0.717) is 29.8 Å². The molecule has 1 spiro atoms. The fourth-order valence-corrected chi connectivity index (χ4v) is 6.52. The third kappa shape index (κ3) is 3.05. The minimum absolute atomic E-state index is 0.0813. The van der Waals surface area contributed by atoms with Gasteiger partial charge in [0.15, 0.2) is 5.78 Å². The van der Waals surface area contributed by atoms with Crippen LogP contribution >= 0.6 is 0 Å². The summed E-state index contributed by atoms with van der Waals surface area (Å²) in [5.41, 5.74) is 0.245. The predicted molar refractivity (Wildman–Crippen MR) is 126 cm³/mol. The highest BCUT2D eigenvalue weighted by atomic mass is 19.1. The van der Waals surface area contributed by atoms with Gasteiger partial charge >= 0.3 is 0 Å². The van der Waals surface area contributed by atoms with Crippen molar-refractivity contribution in [2.45, 2.75) is 30.3 Å². The van der Waals surface area contributed by atoms with Gasteiger partial charge in [0.25, 0.3) is 5.69 Å². The van der Waals surface area contributed by atoms with Crippen molar-refractivity contribution in [2.75, 3.05) is 11.9 Å². The number of carbonyl (C=O) groups is 2. The summed E-state index contributed by atoms with van der Waals surface area (Å²) >= 11 is 0. The molecule has 7 nitrogen and oxygen atoms in total. The normalized spacial score (nSPS) is 26.6. The molecule has 3 aliphatic heterocycles. The number of nitrogens with one attached hydrogen (secondary N) is 1. The topological polar surface area (TPSA) is 92.5 Å². The number of nitro benzene ring substituents is 1. The zero-order chi connectivity index (χ0) is 25.2. The highest BCUT2D eigenvalue weighted by Gasteiger charge is 2.69. The van der Waals surface area contributed by atoms with E-state index < -0.39 is 39.8 Å². The summed E-state index contributed by atoms with van der Waals surface area (Å²) < 4.78 is 28.2. The van der Waals surface area contributed by atoms with E-state index in [4.69, 9.17) is 0 Å². The second-order valence-corrected chi connectivity index (χ2v) is 9.54. The van der Waals surface area contributed by atoms with Crippen LogP contribution in [0.3, 0.4) is 0 Å². The standard InChI is InChI=1S/C27H21F2N3O4/c28-17-7-3-16(4-8-17)25(33)24-23(15-5-10-19(11-6-15)32(35)36)22-2-1-13-31(22)27(24)20-14-18(29)9-12-21(20)30-26(27)34/h3-12,14,22-24H,1-2,13H2,(H,30,34)/t22?,23?,24?,27-/m1/s1. The van der Waals surface area contributed by atoms with Crippen molar-refractivity contribution in [1.82, 2.24) is 4.90 Å². The maximum atomic E-state index is 14.6. The van der Waals surface area contributed by atoms with Crippen molar-refractivity contribution in [2.24, 2.45) is 5.92 Å². The molecule has 6 rings (SSSR count). The van der Waals surface area contributed by atoms with E-state index in [1.54, 1.807) is 12.1 Å². The number of rotatable bonds is 4. The summed E-state index contributed by atoms with van der Waals surface area (Å²) in [7, 11) is 0. The maximum absolute atomic E-state index is 14.6. The molecule has 1 amide bonds. The molecule has 182 valence electrons. The number of ketones is 1. The van der Waals surface area contributed by atoms with E-state index in [9.17, 15) is 28.5 Å². The highest BCUT2D eigenvalue weighted by molar-refractivity contribution is 6.12. The number of hydrogen-bond donors (Lipinski definition) is 1. The third-order valence-electron chi connectivity index (χ3n) is 7.86. The smallest absolute Gasteiger partial charge is 0.269 e. The Morgan fingerprint density at radius 3 is 2.42 bits per heavy atom. The van der Waals surface area contributed by atoms with Crippen LogP contribution in [0.25, 0.3) is 0 Å². The van der Waals surface area contributed by atoms with Crippen LogP contribution in [-0.4, -0.2) is 34.1 Å². The average Bonchev–Trinajstić information content (AvgIpc) is 3.52. The van der Waals surface area contributed by atoms with Gasteiger partial charge in [0.1, 0.15) is 17.2 Å². The van der Waals surface area contributed by atoms with Gasteiger partial charge in [-0.15, -0.1) is 0 Å². The van der Waals surface area contributed by atoms with Crippen LogP contribution in [0.1, 0.15) is 40.2 Å². The zero-order valence-corrected chi connectivity index (χ0v) is 19.0. The number of amides is 1. The van der Waals surface area contributed by atoms with Gasteiger partial charge in [0.2, 0.25) is 5.91 Å². The first-order chi connectivity index (χ1) is 17.3. The molecule has 3 aromatic carbocycles. The molecule has 0 saturated carbocycles. The van der Waals surface area contributed by atoms with Gasteiger partial charge in [-0.25, -0.2) is 8.78 Å². The van der Waals surface area contributed by atoms with E-state index in [2.05, 4.69) is 5.32 Å². The lowest BCUT2D eigenvalue weighted by molar-refractivity contribution is -0.384. The van der Waals surface area contributed by atoms with Crippen molar-refractivity contribution in [3.8, 4) is 0 Å². The lowest BCUT2D eigenvalue weighted by atomic mass is 9.68. The number of hydrogen-bond acceptors (Lipinski definition) is 5. The first-order valence-corrected chi connectivity index (χ1v) is 11.7. The van der Waals surface area contributed by atoms with Gasteiger partial charge < -0.3 is 5.32 Å². The minimum Gasteiger partial charge on any atom is -0.324 e. The quantitative estimate of drug-likeness (QED) is 0.324. The number of benzene rings is 3. The summed E-state index contributed by atoms with van der Waals surface area (Å²) in [5, 5.41) is 14.1. The first-order valence-electron chi connectivity index (χ1n) is 11.7. The molecule has 3 heterocycles. The Kier molecular flexibility index (Phi) is 5.01. The Bertz CT molecular complexity index is 1410. The molecule has 1 N–H and O–H groups in total. The van der Waals surface area contributed by atoms with Crippen molar-refractivity contribution < 1.29 is 23.3 Å². The summed E-state index contributed by atoms with van der Waals surface area (Å²) in [6, 6.07) is 15.1. The SMILES string of the molecule is O=C(c1ccc(F)cc1)C1C(c2ccc([N+](=O)[O-])cc2)C2CCCN2[C@@]12C(=O)Nc1ccc(F)cc12. The van der Waals surface area contributed by atoms with Crippen molar-refractivity contribution in [3.05, 3.63) is 105 Å². The van der Waals surface area contributed by atoms with E-state index in [1.807, 2.05) is 4.90 Å². The number of non-ortho nitro benzene ring substituents is 1. The van der Waals surface area contributed by atoms with Crippen LogP contribution in [0.5, 0.6) is 0 Å². The lowest BCUT2D eigenvalue weighted by Gasteiger charge is -2.36. The van der Waals surface area contributed by atoms with Crippen molar-refractivity contribution >= 4 is 23.1 Å². The zero-order valence-electron chi connectivity index (χ0n) is 19.0. The molecule has 2 saturated heterocycles. The Hall–Kier alpha value is -3.98. The molecular weight excluding hydrogens is 468 g/mol. The Morgan fingerprint density at radius 1 is 1.03 bits per heavy atom. The van der Waals surface area contributed by atoms with Gasteiger partial charge in [0, 0.05) is 40.9 Å². The first kappa shape index (κ1) is 22.5. The van der Waals surface area contributed by atoms with E-state index in [1.165, 1.54) is 54.6 Å². The largest absolute Gasteiger partial charge is 0.324 e. The summed E-state index contributed by atoms with van der Waals surface area (Å²) in [4.78, 5) is 40.8. The second-order valence-electron chi connectivity index (χ2n) is 9.54. The number of halogens is 2. The number of Topliss-reactive ketones (excluding diaryl/α,β-unsaturated/α-hetero) is 1. The molecule has 2 fully saturated rings. The summed E-state index contributed by atoms with van der Waals surface area (Å²) in [6.07, 6.45) is 1.49. The maximum Gasteiger partial charge on any atom is 0.269 e. The molecule has 0 aliphatic carbocycles. The van der Waals surface area contributed by atoms with Gasteiger partial charge in [0.05, 0.1) is 10.8 Å². The number of nitrogens with zero attached hydrogens (tertiary/aromatic N) is 2. The van der Waals surface area contributed by atoms with Crippen LogP contribution in [0.2, 0.25) is 0 Å². The molecule has 0 radical (unpaired) electrons. The Morgan fingerprint density at radius 2 is 1.72 bits per heavy atom. The summed E-state index contributed by atoms with van der Waals surface area (Å²) in [6.45, 7) is 0.532. The van der Waals surface area contributed by atoms with E-state index in [-0.39, 0.29) is 23.1 Å². The van der Waals surface area contributed by atoms with Gasteiger partial charge in [-0.2, -0.15) is 0 Å². The van der Waals surface area contributed by atoms with E-state index >= 15 is 0 Å². The fourth-order valence-electron chi connectivity index (χ4n) is 6.52. The Labute approximate surface area is 204 Å². The number of fused-ring (bicyclic) bond motifs is 4. The van der Waals surface area contributed by atoms with Crippen LogP contribution in [0, 0.1) is 27.7 Å². The summed E-state index contributed by atoms with van der Waals surface area (Å²) in [5.74, 6) is -3.23.